The molecule has 1 aromatic heterocycles. The van der Waals surface area contributed by atoms with Crippen LogP contribution < -0.4 is 10.6 Å². The van der Waals surface area contributed by atoms with E-state index in [4.69, 9.17) is 0 Å². The zero-order chi connectivity index (χ0) is 12.4. The summed E-state index contributed by atoms with van der Waals surface area (Å²) in [6.07, 6.45) is 3.70. The van der Waals surface area contributed by atoms with Crippen molar-refractivity contribution in [3.8, 4) is 0 Å². The predicted molar refractivity (Wildman–Crippen MR) is 69.0 cm³/mol. The average molecular weight is 225 g/mol. The van der Waals surface area contributed by atoms with Gasteiger partial charge in [-0.1, -0.05) is 27.7 Å². The summed E-state index contributed by atoms with van der Waals surface area (Å²) in [6, 6.07) is 1.84. The van der Waals surface area contributed by atoms with Crippen LogP contribution in [0, 0.1) is 0 Å². The molecule has 16 heavy (non-hydrogen) atoms. The maximum Gasteiger partial charge on any atom is 0.346 e. The molecule has 1 rings (SSSR count). The van der Waals surface area contributed by atoms with Gasteiger partial charge in [0.2, 0.25) is 0 Å². The molecule has 0 saturated heterocycles. The Bertz CT molecular complexity index is 316. The second kappa shape index (κ2) is 8.95. The van der Waals surface area contributed by atoms with Crippen molar-refractivity contribution in [2.24, 2.45) is 0 Å². The molecule has 0 aliphatic carbocycles. The van der Waals surface area contributed by atoms with E-state index in [1.54, 1.807) is 6.20 Å². The Kier molecular flexibility index (Phi) is 8.21. The van der Waals surface area contributed by atoms with Gasteiger partial charge in [0.15, 0.2) is 0 Å². The van der Waals surface area contributed by atoms with E-state index < -0.39 is 0 Å². The van der Waals surface area contributed by atoms with Gasteiger partial charge in [-0.25, -0.2) is 9.78 Å². The number of rotatable bonds is 5. The summed E-state index contributed by atoms with van der Waals surface area (Å²) in [6.45, 7) is 10.2. The number of H-pyrrole nitrogens is 1. The lowest BCUT2D eigenvalue weighted by molar-refractivity contribution is 0.730. The van der Waals surface area contributed by atoms with E-state index in [1.807, 2.05) is 19.9 Å². The van der Waals surface area contributed by atoms with E-state index in [2.05, 4.69) is 28.7 Å². The molecule has 0 aliphatic rings. The minimum atomic E-state index is -0.278. The van der Waals surface area contributed by atoms with E-state index in [-0.39, 0.29) is 5.69 Å². The van der Waals surface area contributed by atoms with Crippen molar-refractivity contribution >= 4 is 5.82 Å². The summed E-state index contributed by atoms with van der Waals surface area (Å²) in [4.78, 5) is 19.5. The van der Waals surface area contributed by atoms with Crippen molar-refractivity contribution in [3.05, 3.63) is 22.7 Å². The Morgan fingerprint density at radius 1 is 1.25 bits per heavy atom. The largest absolute Gasteiger partial charge is 0.358 e. The van der Waals surface area contributed by atoms with Crippen LogP contribution >= 0.6 is 0 Å². The third-order valence-corrected chi connectivity index (χ3v) is 1.99. The van der Waals surface area contributed by atoms with Crippen LogP contribution in [0.4, 0.5) is 5.82 Å². The molecular weight excluding hydrogens is 202 g/mol. The first-order valence-electron chi connectivity index (χ1n) is 6.08. The first kappa shape index (κ1) is 14.7. The van der Waals surface area contributed by atoms with Crippen LogP contribution in [0.3, 0.4) is 0 Å². The Morgan fingerprint density at radius 3 is 2.25 bits per heavy atom. The molecule has 0 bridgehead atoms. The van der Waals surface area contributed by atoms with Gasteiger partial charge < -0.3 is 4.90 Å². The highest BCUT2D eigenvalue weighted by molar-refractivity contribution is 5.35. The first-order chi connectivity index (χ1) is 7.77. The van der Waals surface area contributed by atoms with E-state index in [0.29, 0.717) is 0 Å². The van der Waals surface area contributed by atoms with E-state index in [0.717, 1.165) is 31.7 Å². The maximum atomic E-state index is 11.0. The van der Waals surface area contributed by atoms with E-state index in [1.165, 1.54) is 0 Å². The number of nitrogens with one attached hydrogen (secondary N) is 1. The van der Waals surface area contributed by atoms with Gasteiger partial charge in [-0.2, -0.15) is 0 Å². The van der Waals surface area contributed by atoms with Crippen LogP contribution in [0.1, 0.15) is 40.5 Å². The predicted octanol–water partition coefficient (Wildman–Crippen LogP) is 2.42. The molecule has 0 unspecified atom stereocenters. The molecule has 1 heterocycles. The fraction of sp³-hybridized carbons (Fsp3) is 0.667. The standard InChI is InChI=1S/C10H17N3O.C2H6/c1-3-7-13(8-4-2)9-5-6-11-10(14)12-9;1-2/h5-6H,3-4,7-8H2,1-2H3,(H,11,12,14);1-2H3. The zero-order valence-electron chi connectivity index (χ0n) is 10.8. The second-order valence-electron chi connectivity index (χ2n) is 3.25. The number of aromatic amines is 1. The highest BCUT2D eigenvalue weighted by atomic mass is 16.1. The van der Waals surface area contributed by atoms with E-state index >= 15 is 0 Å². The Morgan fingerprint density at radius 2 is 1.81 bits per heavy atom. The van der Waals surface area contributed by atoms with Crippen LogP contribution in [0.15, 0.2) is 17.1 Å². The van der Waals surface area contributed by atoms with Crippen molar-refractivity contribution in [1.82, 2.24) is 9.97 Å². The number of hydrogen-bond acceptors (Lipinski definition) is 3. The molecule has 0 aromatic carbocycles. The highest BCUT2D eigenvalue weighted by Crippen LogP contribution is 2.07. The van der Waals surface area contributed by atoms with Crippen LogP contribution in [0.25, 0.3) is 0 Å². The molecule has 1 aromatic rings. The summed E-state index contributed by atoms with van der Waals surface area (Å²) < 4.78 is 0. The lowest BCUT2D eigenvalue weighted by atomic mass is 10.3. The number of anilines is 1. The van der Waals surface area contributed by atoms with Crippen molar-refractivity contribution in [3.63, 3.8) is 0 Å². The molecule has 0 saturated carbocycles. The monoisotopic (exact) mass is 225 g/mol. The first-order valence-corrected chi connectivity index (χ1v) is 6.08. The lowest BCUT2D eigenvalue weighted by Crippen LogP contribution is -2.28. The quantitative estimate of drug-likeness (QED) is 0.837. The Labute approximate surface area is 97.7 Å². The van der Waals surface area contributed by atoms with E-state index in [9.17, 15) is 4.79 Å². The van der Waals surface area contributed by atoms with Gasteiger partial charge in [0.25, 0.3) is 0 Å². The van der Waals surface area contributed by atoms with Gasteiger partial charge in [-0.15, -0.1) is 0 Å². The SMILES string of the molecule is CC.CCCN(CCC)c1ccnc(=O)[nH]1. The third-order valence-electron chi connectivity index (χ3n) is 1.99. The molecule has 0 amide bonds. The summed E-state index contributed by atoms with van der Waals surface area (Å²) in [5.41, 5.74) is -0.278. The van der Waals surface area contributed by atoms with Crippen LogP contribution in [-0.4, -0.2) is 23.1 Å². The molecular formula is C12H23N3O. The van der Waals surface area contributed by atoms with Crippen LogP contribution in [0.2, 0.25) is 0 Å². The Balaban J connectivity index is 0.00000106. The number of hydrogen-bond donors (Lipinski definition) is 1. The highest BCUT2D eigenvalue weighted by Gasteiger charge is 2.04. The van der Waals surface area contributed by atoms with Gasteiger partial charge >= 0.3 is 5.69 Å². The zero-order valence-corrected chi connectivity index (χ0v) is 10.8. The second-order valence-corrected chi connectivity index (χ2v) is 3.25. The fourth-order valence-corrected chi connectivity index (χ4v) is 1.44. The maximum absolute atomic E-state index is 11.0. The molecule has 1 N–H and O–H groups in total. The van der Waals surface area contributed by atoms with Crippen LogP contribution in [-0.2, 0) is 0 Å². The van der Waals surface area contributed by atoms with Gasteiger partial charge in [-0.05, 0) is 18.9 Å². The fourth-order valence-electron chi connectivity index (χ4n) is 1.44. The number of nitrogens with zero attached hydrogens (tertiary/aromatic N) is 2. The van der Waals surface area contributed by atoms with Crippen molar-refractivity contribution in [2.75, 3.05) is 18.0 Å². The molecule has 0 spiro atoms. The van der Waals surface area contributed by atoms with Crippen molar-refractivity contribution in [1.29, 1.82) is 0 Å². The average Bonchev–Trinajstić information content (AvgIpc) is 2.31. The van der Waals surface area contributed by atoms with Gasteiger partial charge in [0.1, 0.15) is 5.82 Å². The third kappa shape index (κ3) is 4.96. The normalized spacial score (nSPS) is 9.25. The summed E-state index contributed by atoms with van der Waals surface area (Å²) in [5.74, 6) is 0.869. The molecule has 0 radical (unpaired) electrons. The molecule has 0 fully saturated rings. The summed E-state index contributed by atoms with van der Waals surface area (Å²) in [7, 11) is 0. The van der Waals surface area contributed by atoms with Crippen molar-refractivity contribution < 1.29 is 0 Å². The van der Waals surface area contributed by atoms with Crippen molar-refractivity contribution in [2.45, 2.75) is 40.5 Å². The molecule has 4 heteroatoms. The minimum Gasteiger partial charge on any atom is -0.358 e. The summed E-state index contributed by atoms with van der Waals surface area (Å²) >= 11 is 0. The Hall–Kier alpha value is -1.32. The number of aromatic nitrogens is 2. The molecule has 0 aliphatic heterocycles. The minimum absolute atomic E-state index is 0.278. The summed E-state index contributed by atoms with van der Waals surface area (Å²) in [5, 5.41) is 0. The molecule has 92 valence electrons. The molecule has 4 nitrogen and oxygen atoms in total. The van der Waals surface area contributed by atoms with Gasteiger partial charge in [-0.3, -0.25) is 4.98 Å². The van der Waals surface area contributed by atoms with Crippen LogP contribution in [0.5, 0.6) is 0 Å². The smallest absolute Gasteiger partial charge is 0.346 e. The lowest BCUT2D eigenvalue weighted by Gasteiger charge is -2.22. The van der Waals surface area contributed by atoms with Gasteiger partial charge in [0.05, 0.1) is 0 Å². The topological polar surface area (TPSA) is 49.0 Å². The molecule has 0 atom stereocenters. The van der Waals surface area contributed by atoms with Gasteiger partial charge in [0, 0.05) is 19.3 Å².